The molecule has 1 aromatic rings. The maximum atomic E-state index is 10.0. The number of ether oxygens (including phenoxy) is 1. The molecule has 19 heavy (non-hydrogen) atoms. The lowest BCUT2D eigenvalue weighted by Crippen LogP contribution is -2.36. The van der Waals surface area contributed by atoms with Gasteiger partial charge in [0.25, 0.3) is 0 Å². The van der Waals surface area contributed by atoms with Crippen LogP contribution in [0.4, 0.5) is 5.69 Å². The maximum absolute atomic E-state index is 10.0. The number of benzene rings is 1. The number of nitrogens with zero attached hydrogens (tertiary/aromatic N) is 1. The summed E-state index contributed by atoms with van der Waals surface area (Å²) >= 11 is 0. The van der Waals surface area contributed by atoms with Crippen molar-refractivity contribution >= 4 is 5.69 Å². The van der Waals surface area contributed by atoms with Crippen molar-refractivity contribution in [2.75, 3.05) is 32.0 Å². The van der Waals surface area contributed by atoms with Gasteiger partial charge >= 0.3 is 0 Å². The molecule has 0 fully saturated rings. The van der Waals surface area contributed by atoms with E-state index in [2.05, 4.69) is 18.7 Å². The van der Waals surface area contributed by atoms with Crippen molar-refractivity contribution < 1.29 is 9.84 Å². The van der Waals surface area contributed by atoms with Crippen LogP contribution in [-0.2, 0) is 0 Å². The molecule has 0 saturated carbocycles. The van der Waals surface area contributed by atoms with E-state index < -0.39 is 6.10 Å². The Morgan fingerprint density at radius 3 is 2.42 bits per heavy atom. The number of nitrogen functional groups attached to an aromatic ring is 1. The van der Waals surface area contributed by atoms with Crippen LogP contribution in [0.25, 0.3) is 0 Å². The SMILES string of the molecule is CCCN(CCC)CC(O)COc1ccccc1N. The monoisotopic (exact) mass is 266 g/mol. The summed E-state index contributed by atoms with van der Waals surface area (Å²) in [5, 5.41) is 10.0. The Morgan fingerprint density at radius 1 is 1.21 bits per heavy atom. The van der Waals surface area contributed by atoms with E-state index in [4.69, 9.17) is 10.5 Å². The molecule has 4 heteroatoms. The summed E-state index contributed by atoms with van der Waals surface area (Å²) in [5.74, 6) is 0.638. The Bertz CT molecular complexity index is 352. The van der Waals surface area contributed by atoms with Gasteiger partial charge in [0.2, 0.25) is 0 Å². The molecular formula is C15H26N2O2. The van der Waals surface area contributed by atoms with E-state index in [9.17, 15) is 5.11 Å². The van der Waals surface area contributed by atoms with Crippen molar-refractivity contribution in [2.45, 2.75) is 32.8 Å². The molecule has 4 nitrogen and oxygen atoms in total. The summed E-state index contributed by atoms with van der Waals surface area (Å²) in [6.07, 6.45) is 1.70. The smallest absolute Gasteiger partial charge is 0.142 e. The average Bonchev–Trinajstić information content (AvgIpc) is 2.38. The van der Waals surface area contributed by atoms with E-state index in [0.29, 0.717) is 18.0 Å². The summed E-state index contributed by atoms with van der Waals surface area (Å²) in [5.41, 5.74) is 6.39. The third kappa shape index (κ3) is 5.94. The van der Waals surface area contributed by atoms with Gasteiger partial charge in [-0.05, 0) is 38.1 Å². The summed E-state index contributed by atoms with van der Waals surface area (Å²) in [7, 11) is 0. The van der Waals surface area contributed by atoms with E-state index >= 15 is 0 Å². The highest BCUT2D eigenvalue weighted by atomic mass is 16.5. The van der Waals surface area contributed by atoms with Gasteiger partial charge in [0.1, 0.15) is 18.5 Å². The van der Waals surface area contributed by atoms with E-state index in [-0.39, 0.29) is 6.61 Å². The minimum Gasteiger partial charge on any atom is -0.489 e. The standard InChI is InChI=1S/C15H26N2O2/c1-3-9-17(10-4-2)11-13(18)12-19-15-8-6-5-7-14(15)16/h5-8,13,18H,3-4,9-12,16H2,1-2H3. The largest absolute Gasteiger partial charge is 0.489 e. The quantitative estimate of drug-likeness (QED) is 0.672. The Morgan fingerprint density at radius 2 is 1.84 bits per heavy atom. The zero-order valence-electron chi connectivity index (χ0n) is 12.0. The molecule has 0 heterocycles. The van der Waals surface area contributed by atoms with E-state index in [1.54, 1.807) is 6.07 Å². The third-order valence-corrected chi connectivity index (χ3v) is 2.90. The number of aliphatic hydroxyl groups excluding tert-OH is 1. The van der Waals surface area contributed by atoms with Crippen LogP contribution in [0, 0.1) is 0 Å². The molecule has 1 atom stereocenters. The third-order valence-electron chi connectivity index (χ3n) is 2.90. The highest BCUT2D eigenvalue weighted by Crippen LogP contribution is 2.19. The minimum absolute atomic E-state index is 0.276. The fourth-order valence-electron chi connectivity index (χ4n) is 2.08. The second kappa shape index (κ2) is 8.77. The number of aliphatic hydroxyl groups is 1. The van der Waals surface area contributed by atoms with E-state index in [1.807, 2.05) is 18.2 Å². The van der Waals surface area contributed by atoms with Gasteiger partial charge in [0, 0.05) is 6.54 Å². The van der Waals surface area contributed by atoms with Gasteiger partial charge in [0.05, 0.1) is 5.69 Å². The Hall–Kier alpha value is -1.26. The molecule has 0 saturated heterocycles. The number of rotatable bonds is 9. The topological polar surface area (TPSA) is 58.7 Å². The first-order valence-corrected chi connectivity index (χ1v) is 7.05. The molecule has 0 radical (unpaired) electrons. The van der Waals surface area contributed by atoms with Crippen molar-refractivity contribution in [1.82, 2.24) is 4.90 Å². The lowest BCUT2D eigenvalue weighted by Gasteiger charge is -2.24. The predicted molar refractivity (Wildman–Crippen MR) is 79.4 cm³/mol. The second-order valence-electron chi connectivity index (χ2n) is 4.80. The molecule has 1 aromatic carbocycles. The molecule has 0 amide bonds. The molecule has 0 aliphatic carbocycles. The van der Waals surface area contributed by atoms with Gasteiger partial charge in [0.15, 0.2) is 0 Å². The molecule has 0 aliphatic rings. The molecular weight excluding hydrogens is 240 g/mol. The number of para-hydroxylation sites is 2. The number of anilines is 1. The summed E-state index contributed by atoms with van der Waals surface area (Å²) < 4.78 is 5.55. The van der Waals surface area contributed by atoms with Crippen LogP contribution in [0.3, 0.4) is 0 Å². The first-order valence-electron chi connectivity index (χ1n) is 7.05. The highest BCUT2D eigenvalue weighted by Gasteiger charge is 2.11. The van der Waals surface area contributed by atoms with Crippen LogP contribution < -0.4 is 10.5 Å². The van der Waals surface area contributed by atoms with Crippen LogP contribution in [0.1, 0.15) is 26.7 Å². The van der Waals surface area contributed by atoms with Crippen molar-refractivity contribution in [2.24, 2.45) is 0 Å². The summed E-state index contributed by atoms with van der Waals surface area (Å²) in [6.45, 7) is 7.25. The first-order chi connectivity index (χ1) is 9.17. The summed E-state index contributed by atoms with van der Waals surface area (Å²) in [4.78, 5) is 2.27. The summed E-state index contributed by atoms with van der Waals surface area (Å²) in [6, 6.07) is 7.35. The van der Waals surface area contributed by atoms with Gasteiger partial charge in [-0.1, -0.05) is 26.0 Å². The van der Waals surface area contributed by atoms with E-state index in [0.717, 1.165) is 25.9 Å². The molecule has 1 rings (SSSR count). The molecule has 3 N–H and O–H groups in total. The number of nitrogens with two attached hydrogens (primary N) is 1. The molecule has 0 spiro atoms. The lowest BCUT2D eigenvalue weighted by molar-refractivity contribution is 0.0684. The fraction of sp³-hybridized carbons (Fsp3) is 0.600. The molecule has 0 bridgehead atoms. The van der Waals surface area contributed by atoms with Crippen molar-refractivity contribution in [1.29, 1.82) is 0 Å². The predicted octanol–water partition coefficient (Wildman–Crippen LogP) is 2.13. The van der Waals surface area contributed by atoms with Crippen molar-refractivity contribution in [3.8, 4) is 5.75 Å². The second-order valence-corrected chi connectivity index (χ2v) is 4.80. The van der Waals surface area contributed by atoms with Crippen LogP contribution in [0.2, 0.25) is 0 Å². The van der Waals surface area contributed by atoms with E-state index in [1.165, 1.54) is 0 Å². The fourth-order valence-corrected chi connectivity index (χ4v) is 2.08. The Labute approximate surface area is 116 Å². The normalized spacial score (nSPS) is 12.6. The molecule has 0 aliphatic heterocycles. The lowest BCUT2D eigenvalue weighted by atomic mass is 10.3. The zero-order chi connectivity index (χ0) is 14.1. The molecule has 0 aromatic heterocycles. The van der Waals surface area contributed by atoms with Gasteiger partial charge in [-0.15, -0.1) is 0 Å². The average molecular weight is 266 g/mol. The van der Waals surface area contributed by atoms with Crippen molar-refractivity contribution in [3.63, 3.8) is 0 Å². The maximum Gasteiger partial charge on any atom is 0.142 e. The highest BCUT2D eigenvalue weighted by molar-refractivity contribution is 5.51. The number of hydrogen-bond donors (Lipinski definition) is 2. The van der Waals surface area contributed by atoms with Gasteiger partial charge in [-0.25, -0.2) is 0 Å². The van der Waals surface area contributed by atoms with Gasteiger partial charge in [-0.2, -0.15) is 0 Å². The first kappa shape index (κ1) is 15.8. The molecule has 108 valence electrons. The molecule has 1 unspecified atom stereocenters. The van der Waals surface area contributed by atoms with Crippen LogP contribution in [0.15, 0.2) is 24.3 Å². The Balaban J connectivity index is 2.38. The zero-order valence-corrected chi connectivity index (χ0v) is 12.0. The van der Waals surface area contributed by atoms with Crippen LogP contribution in [0.5, 0.6) is 5.75 Å². The van der Waals surface area contributed by atoms with Crippen LogP contribution >= 0.6 is 0 Å². The van der Waals surface area contributed by atoms with Gasteiger partial charge < -0.3 is 20.5 Å². The van der Waals surface area contributed by atoms with Crippen molar-refractivity contribution in [3.05, 3.63) is 24.3 Å². The van der Waals surface area contributed by atoms with Crippen LogP contribution in [-0.4, -0.2) is 42.4 Å². The minimum atomic E-state index is -0.488. The number of hydrogen-bond acceptors (Lipinski definition) is 4. The Kier molecular flexibility index (Phi) is 7.30. The van der Waals surface area contributed by atoms with Gasteiger partial charge in [-0.3, -0.25) is 0 Å².